The third-order valence-corrected chi connectivity index (χ3v) is 5.00. The van der Waals surface area contributed by atoms with Crippen LogP contribution in [0.3, 0.4) is 0 Å². The van der Waals surface area contributed by atoms with Crippen LogP contribution in [-0.2, 0) is 22.4 Å². The van der Waals surface area contributed by atoms with E-state index >= 15 is 0 Å². The first-order chi connectivity index (χ1) is 12.1. The van der Waals surface area contributed by atoms with Crippen molar-refractivity contribution in [2.45, 2.75) is 25.4 Å². The molecule has 0 aliphatic carbocycles. The second-order valence-corrected chi connectivity index (χ2v) is 6.95. The van der Waals surface area contributed by atoms with Gasteiger partial charge in [-0.05, 0) is 24.1 Å². The number of nitrogens with two attached hydrogens (primary N) is 1. The molecule has 2 heterocycles. The number of nitrogens with zero attached hydrogens (tertiary/aromatic N) is 2. The number of amides is 1. The molecule has 0 saturated carbocycles. The van der Waals surface area contributed by atoms with Gasteiger partial charge in [0.05, 0.1) is 25.5 Å². The maximum absolute atomic E-state index is 12.5. The average molecular weight is 361 g/mol. The minimum Gasteiger partial charge on any atom is -0.497 e. The van der Waals surface area contributed by atoms with E-state index in [0.29, 0.717) is 37.7 Å². The van der Waals surface area contributed by atoms with Crippen LogP contribution in [0, 0.1) is 0 Å². The Hall–Kier alpha value is -2.12. The van der Waals surface area contributed by atoms with Crippen LogP contribution in [0.2, 0.25) is 0 Å². The highest BCUT2D eigenvalue weighted by Gasteiger charge is 2.24. The van der Waals surface area contributed by atoms with E-state index in [9.17, 15) is 4.79 Å². The Bertz CT molecular complexity index is 702. The van der Waals surface area contributed by atoms with Gasteiger partial charge in [0.2, 0.25) is 5.91 Å². The molecule has 3 rings (SSSR count). The van der Waals surface area contributed by atoms with Crippen LogP contribution in [0.25, 0.3) is 0 Å². The van der Waals surface area contributed by atoms with Gasteiger partial charge in [-0.25, -0.2) is 4.98 Å². The number of ether oxygens (including phenoxy) is 2. The minimum absolute atomic E-state index is 0.0287. The lowest BCUT2D eigenvalue weighted by molar-refractivity contribution is -0.138. The highest BCUT2D eigenvalue weighted by Crippen LogP contribution is 2.17. The molecule has 25 heavy (non-hydrogen) atoms. The van der Waals surface area contributed by atoms with Gasteiger partial charge < -0.3 is 20.1 Å². The fourth-order valence-corrected chi connectivity index (χ4v) is 3.52. The molecular weight excluding hydrogens is 338 g/mol. The summed E-state index contributed by atoms with van der Waals surface area (Å²) in [4.78, 5) is 18.6. The van der Waals surface area contributed by atoms with Gasteiger partial charge >= 0.3 is 0 Å². The molecule has 1 aromatic carbocycles. The van der Waals surface area contributed by atoms with Crippen molar-refractivity contribution in [2.75, 3.05) is 32.5 Å². The first-order valence-electron chi connectivity index (χ1n) is 8.36. The predicted molar refractivity (Wildman–Crippen MR) is 97.9 cm³/mol. The van der Waals surface area contributed by atoms with Crippen molar-refractivity contribution in [3.63, 3.8) is 0 Å². The first-order valence-corrected chi connectivity index (χ1v) is 9.24. The summed E-state index contributed by atoms with van der Waals surface area (Å²) in [5, 5.41) is 2.46. The second kappa shape index (κ2) is 8.31. The molecule has 1 aliphatic heterocycles. The SMILES string of the molecule is COc1ccc(CC2CN(C(=O)CCc3csc(N)n3)CCO2)cc1. The summed E-state index contributed by atoms with van der Waals surface area (Å²) in [6.07, 6.45) is 1.91. The van der Waals surface area contributed by atoms with Crippen molar-refractivity contribution in [2.24, 2.45) is 0 Å². The van der Waals surface area contributed by atoms with Gasteiger partial charge in [-0.1, -0.05) is 12.1 Å². The Labute approximate surface area is 151 Å². The predicted octanol–water partition coefficient (Wildman–Crippen LogP) is 2.14. The number of benzene rings is 1. The number of anilines is 1. The van der Waals surface area contributed by atoms with Crippen molar-refractivity contribution in [3.8, 4) is 5.75 Å². The van der Waals surface area contributed by atoms with Gasteiger partial charge in [-0.3, -0.25) is 4.79 Å². The zero-order chi connectivity index (χ0) is 17.6. The summed E-state index contributed by atoms with van der Waals surface area (Å²) >= 11 is 1.41. The topological polar surface area (TPSA) is 77.7 Å². The zero-order valence-electron chi connectivity index (χ0n) is 14.3. The molecular formula is C18H23N3O3S. The number of morpholine rings is 1. The fraction of sp³-hybridized carbons (Fsp3) is 0.444. The molecule has 1 aromatic heterocycles. The third-order valence-electron chi connectivity index (χ3n) is 4.28. The Morgan fingerprint density at radius 2 is 2.24 bits per heavy atom. The van der Waals surface area contributed by atoms with E-state index in [4.69, 9.17) is 15.2 Å². The maximum Gasteiger partial charge on any atom is 0.223 e. The average Bonchev–Trinajstić information content (AvgIpc) is 3.06. The van der Waals surface area contributed by atoms with Crippen molar-refractivity contribution in [3.05, 3.63) is 40.9 Å². The Morgan fingerprint density at radius 1 is 1.44 bits per heavy atom. The van der Waals surface area contributed by atoms with E-state index < -0.39 is 0 Å². The summed E-state index contributed by atoms with van der Waals surface area (Å²) in [5.74, 6) is 0.988. The molecule has 134 valence electrons. The first kappa shape index (κ1) is 17.7. The summed E-state index contributed by atoms with van der Waals surface area (Å²) in [6.45, 7) is 1.86. The lowest BCUT2D eigenvalue weighted by atomic mass is 10.1. The Kier molecular flexibility index (Phi) is 5.88. The van der Waals surface area contributed by atoms with Gasteiger partial charge in [-0.15, -0.1) is 11.3 Å². The summed E-state index contributed by atoms with van der Waals surface area (Å²) in [5.41, 5.74) is 7.69. The van der Waals surface area contributed by atoms with Crippen LogP contribution in [0.5, 0.6) is 5.75 Å². The van der Waals surface area contributed by atoms with E-state index in [1.165, 1.54) is 16.9 Å². The Morgan fingerprint density at radius 3 is 2.92 bits per heavy atom. The molecule has 1 aliphatic rings. The zero-order valence-corrected chi connectivity index (χ0v) is 15.1. The van der Waals surface area contributed by atoms with Gasteiger partial charge in [0.1, 0.15) is 5.75 Å². The number of nitrogen functional groups attached to an aromatic ring is 1. The number of carbonyl (C=O) groups excluding carboxylic acids is 1. The quantitative estimate of drug-likeness (QED) is 0.853. The van der Waals surface area contributed by atoms with Gasteiger partial charge in [-0.2, -0.15) is 0 Å². The van der Waals surface area contributed by atoms with Gasteiger partial charge in [0.25, 0.3) is 0 Å². The largest absolute Gasteiger partial charge is 0.497 e. The lowest BCUT2D eigenvalue weighted by Gasteiger charge is -2.33. The van der Waals surface area contributed by atoms with E-state index in [1.807, 2.05) is 34.5 Å². The van der Waals surface area contributed by atoms with Crippen molar-refractivity contribution in [1.29, 1.82) is 0 Å². The Balaban J connectivity index is 1.50. The monoisotopic (exact) mass is 361 g/mol. The van der Waals surface area contributed by atoms with E-state index in [1.54, 1.807) is 7.11 Å². The normalized spacial score (nSPS) is 17.5. The fourth-order valence-electron chi connectivity index (χ4n) is 2.92. The number of aromatic nitrogens is 1. The highest BCUT2D eigenvalue weighted by atomic mass is 32.1. The molecule has 0 spiro atoms. The molecule has 1 fully saturated rings. The van der Waals surface area contributed by atoms with Crippen molar-refractivity contribution < 1.29 is 14.3 Å². The lowest BCUT2D eigenvalue weighted by Crippen LogP contribution is -2.46. The number of thiazole rings is 1. The maximum atomic E-state index is 12.5. The standard InChI is InChI=1S/C18H23N3O3S/c1-23-15-5-2-13(3-6-15)10-16-11-21(8-9-24-16)17(22)7-4-14-12-25-18(19)20-14/h2-3,5-6,12,16H,4,7-11H2,1H3,(H2,19,20). The minimum atomic E-state index is 0.0287. The molecule has 6 nitrogen and oxygen atoms in total. The van der Waals surface area contributed by atoms with Crippen molar-refractivity contribution >= 4 is 22.4 Å². The number of methoxy groups -OCH3 is 1. The molecule has 1 amide bonds. The number of rotatable bonds is 6. The molecule has 0 radical (unpaired) electrons. The molecule has 7 heteroatoms. The summed E-state index contributed by atoms with van der Waals surface area (Å²) in [7, 11) is 1.66. The molecule has 1 saturated heterocycles. The molecule has 1 unspecified atom stereocenters. The van der Waals surface area contributed by atoms with Crippen LogP contribution >= 0.6 is 11.3 Å². The van der Waals surface area contributed by atoms with Crippen LogP contribution in [0.15, 0.2) is 29.6 Å². The van der Waals surface area contributed by atoms with Gasteiger partial charge in [0.15, 0.2) is 5.13 Å². The number of hydrogen-bond donors (Lipinski definition) is 1. The molecule has 2 aromatic rings. The van der Waals surface area contributed by atoms with E-state index in [-0.39, 0.29) is 12.0 Å². The summed E-state index contributed by atoms with van der Waals surface area (Å²) in [6, 6.07) is 7.96. The van der Waals surface area contributed by atoms with Crippen LogP contribution < -0.4 is 10.5 Å². The smallest absolute Gasteiger partial charge is 0.223 e. The van der Waals surface area contributed by atoms with Crippen LogP contribution in [0.1, 0.15) is 17.7 Å². The number of hydrogen-bond acceptors (Lipinski definition) is 6. The highest BCUT2D eigenvalue weighted by molar-refractivity contribution is 7.13. The second-order valence-electron chi connectivity index (χ2n) is 6.06. The summed E-state index contributed by atoms with van der Waals surface area (Å²) < 4.78 is 11.0. The van der Waals surface area contributed by atoms with E-state index in [2.05, 4.69) is 4.98 Å². The molecule has 2 N–H and O–H groups in total. The third kappa shape index (κ3) is 4.93. The number of carbonyl (C=O) groups is 1. The van der Waals surface area contributed by atoms with E-state index in [0.717, 1.165) is 17.9 Å². The van der Waals surface area contributed by atoms with Crippen LogP contribution in [0.4, 0.5) is 5.13 Å². The number of aryl methyl sites for hydroxylation is 1. The van der Waals surface area contributed by atoms with Crippen molar-refractivity contribution in [1.82, 2.24) is 9.88 Å². The van der Waals surface area contributed by atoms with Crippen LogP contribution in [-0.4, -0.2) is 48.7 Å². The molecule has 0 bridgehead atoms. The molecule has 1 atom stereocenters. The van der Waals surface area contributed by atoms with Gasteiger partial charge in [0, 0.05) is 31.3 Å².